The Morgan fingerprint density at radius 2 is 1.81 bits per heavy atom. The van der Waals surface area contributed by atoms with Gasteiger partial charge in [0.15, 0.2) is 5.78 Å². The van der Waals surface area contributed by atoms with E-state index in [1.54, 1.807) is 6.08 Å². The number of hydrogen-bond donors (Lipinski definition) is 0. The summed E-state index contributed by atoms with van der Waals surface area (Å²) in [6.45, 7) is 7.69. The second-order valence-corrected chi connectivity index (χ2v) is 8.69. The Hall–Kier alpha value is -2.04. The lowest BCUT2D eigenvalue weighted by molar-refractivity contribution is -0.164. The average Bonchev–Trinajstić information content (AvgIpc) is 2.57. The van der Waals surface area contributed by atoms with E-state index in [1.807, 2.05) is 27.7 Å². The van der Waals surface area contributed by atoms with Gasteiger partial charge in [-0.3, -0.25) is 19.2 Å². The quantitative estimate of drug-likeness (QED) is 0.431. The summed E-state index contributed by atoms with van der Waals surface area (Å²) >= 11 is 0. The van der Waals surface area contributed by atoms with E-state index in [1.165, 1.54) is 7.11 Å². The van der Waals surface area contributed by atoms with Crippen molar-refractivity contribution in [2.45, 2.75) is 53.4 Å². The van der Waals surface area contributed by atoms with Gasteiger partial charge in [0.1, 0.15) is 5.41 Å². The molecule has 0 radical (unpaired) electrons. The summed E-state index contributed by atoms with van der Waals surface area (Å²) in [5.41, 5.74) is -0.821. The van der Waals surface area contributed by atoms with Crippen molar-refractivity contribution in [3.63, 3.8) is 0 Å². The molecule has 0 saturated heterocycles. The van der Waals surface area contributed by atoms with Gasteiger partial charge in [-0.05, 0) is 36.2 Å². The van der Waals surface area contributed by atoms with Gasteiger partial charge in [0.2, 0.25) is 11.6 Å². The van der Waals surface area contributed by atoms with E-state index in [0.29, 0.717) is 12.0 Å². The van der Waals surface area contributed by atoms with Crippen LogP contribution in [0.15, 0.2) is 22.8 Å². The minimum Gasteiger partial charge on any atom is -0.468 e. The number of esters is 1. The summed E-state index contributed by atoms with van der Waals surface area (Å²) in [5.74, 6) is -2.46. The minimum atomic E-state index is -1.20. The normalized spacial score (nSPS) is 30.8. The first kappa shape index (κ1) is 18.7. The highest BCUT2D eigenvalue weighted by Crippen LogP contribution is 2.60. The number of carbonyl (C=O) groups excluding carboxylic acids is 4. The van der Waals surface area contributed by atoms with Gasteiger partial charge in [-0.25, -0.2) is 0 Å². The number of Topliss-reactive ketones (excluding diaryl/α,β-unsaturated/α-hetero) is 3. The molecule has 5 heteroatoms. The van der Waals surface area contributed by atoms with Crippen LogP contribution in [0.2, 0.25) is 0 Å². The highest BCUT2D eigenvalue weighted by Gasteiger charge is 2.63. The Kier molecular flexibility index (Phi) is 4.32. The van der Waals surface area contributed by atoms with Gasteiger partial charge < -0.3 is 4.74 Å². The molecule has 0 N–H and O–H groups in total. The third-order valence-corrected chi connectivity index (χ3v) is 6.50. The van der Waals surface area contributed by atoms with Crippen molar-refractivity contribution in [3.05, 3.63) is 22.8 Å². The smallest absolute Gasteiger partial charge is 0.316 e. The van der Waals surface area contributed by atoms with Gasteiger partial charge >= 0.3 is 5.97 Å². The van der Waals surface area contributed by atoms with Crippen LogP contribution in [0.4, 0.5) is 0 Å². The van der Waals surface area contributed by atoms with Crippen LogP contribution in [-0.2, 0) is 23.9 Å². The maximum Gasteiger partial charge on any atom is 0.316 e. The Morgan fingerprint density at radius 1 is 1.15 bits per heavy atom. The average molecular weight is 358 g/mol. The maximum absolute atomic E-state index is 13.1. The zero-order valence-corrected chi connectivity index (χ0v) is 16.1. The molecule has 140 valence electrons. The second-order valence-electron chi connectivity index (χ2n) is 8.69. The Morgan fingerprint density at radius 3 is 2.38 bits per heavy atom. The van der Waals surface area contributed by atoms with Crippen LogP contribution in [0.5, 0.6) is 0 Å². The number of rotatable bonds is 2. The first-order chi connectivity index (χ1) is 12.1. The van der Waals surface area contributed by atoms with Crippen LogP contribution in [0.3, 0.4) is 0 Å². The number of carbonyl (C=O) groups is 4. The number of hydrogen-bond acceptors (Lipinski definition) is 5. The topological polar surface area (TPSA) is 77.5 Å². The van der Waals surface area contributed by atoms with Crippen LogP contribution in [0.25, 0.3) is 0 Å². The number of ketones is 3. The third-order valence-electron chi connectivity index (χ3n) is 6.50. The lowest BCUT2D eigenvalue weighted by Gasteiger charge is -2.53. The van der Waals surface area contributed by atoms with E-state index in [0.717, 1.165) is 12.8 Å². The van der Waals surface area contributed by atoms with E-state index in [-0.39, 0.29) is 40.6 Å². The molecule has 0 amide bonds. The fraction of sp³-hybridized carbons (Fsp3) is 0.619. The van der Waals surface area contributed by atoms with Crippen molar-refractivity contribution in [1.82, 2.24) is 0 Å². The van der Waals surface area contributed by atoms with Crippen molar-refractivity contribution in [1.29, 1.82) is 0 Å². The molecule has 3 aliphatic rings. The molecule has 0 unspecified atom stereocenters. The van der Waals surface area contributed by atoms with Gasteiger partial charge in [0, 0.05) is 23.1 Å². The third kappa shape index (κ3) is 2.36. The summed E-state index contributed by atoms with van der Waals surface area (Å²) in [6, 6.07) is 0. The van der Waals surface area contributed by atoms with Crippen molar-refractivity contribution in [3.8, 4) is 0 Å². The van der Waals surface area contributed by atoms with Crippen LogP contribution in [0, 0.1) is 22.7 Å². The maximum atomic E-state index is 13.1. The van der Waals surface area contributed by atoms with Gasteiger partial charge in [-0.15, -0.1) is 0 Å². The monoisotopic (exact) mass is 358 g/mol. The fourth-order valence-electron chi connectivity index (χ4n) is 5.16. The number of allylic oxidation sites excluding steroid dienone is 3. The molecule has 3 aliphatic carbocycles. The van der Waals surface area contributed by atoms with Crippen molar-refractivity contribution >= 4 is 23.3 Å². The molecule has 26 heavy (non-hydrogen) atoms. The van der Waals surface area contributed by atoms with Crippen LogP contribution in [0.1, 0.15) is 53.4 Å². The fourth-order valence-corrected chi connectivity index (χ4v) is 5.16. The molecule has 0 spiro atoms. The van der Waals surface area contributed by atoms with Crippen molar-refractivity contribution in [2.75, 3.05) is 7.11 Å². The number of fused-ring (bicyclic) bond motifs is 2. The summed E-state index contributed by atoms with van der Waals surface area (Å²) in [6.07, 6.45) is 3.79. The van der Waals surface area contributed by atoms with Crippen molar-refractivity contribution in [2.24, 2.45) is 22.7 Å². The van der Waals surface area contributed by atoms with Gasteiger partial charge in [0.05, 0.1) is 7.11 Å². The van der Waals surface area contributed by atoms with Crippen LogP contribution < -0.4 is 0 Å². The highest BCUT2D eigenvalue weighted by molar-refractivity contribution is 6.52. The predicted octanol–water partition coefficient (Wildman–Crippen LogP) is 2.98. The summed E-state index contributed by atoms with van der Waals surface area (Å²) in [5, 5.41) is 0. The molecule has 1 fully saturated rings. The molecular formula is C21H26O5. The molecular weight excluding hydrogens is 332 g/mol. The molecule has 2 atom stereocenters. The minimum absolute atomic E-state index is 0.0905. The summed E-state index contributed by atoms with van der Waals surface area (Å²) < 4.78 is 5.12. The lowest BCUT2D eigenvalue weighted by atomic mass is 9.48. The summed E-state index contributed by atoms with van der Waals surface area (Å²) in [7, 11) is 1.30. The van der Waals surface area contributed by atoms with Gasteiger partial charge in [-0.1, -0.05) is 34.1 Å². The SMILES string of the molecule is COC(=O)[C@]12CCCC(C)(C)[C@@H]1CC(=O)C1=C2C(=O)C(=O)C(C(C)C)=C1. The largest absolute Gasteiger partial charge is 0.468 e. The van der Waals surface area contributed by atoms with E-state index in [4.69, 9.17) is 4.74 Å². The highest BCUT2D eigenvalue weighted by atomic mass is 16.5. The van der Waals surface area contributed by atoms with E-state index < -0.39 is 23.0 Å². The second kappa shape index (κ2) is 6.00. The van der Waals surface area contributed by atoms with E-state index >= 15 is 0 Å². The zero-order chi connectivity index (χ0) is 19.4. The van der Waals surface area contributed by atoms with Crippen LogP contribution in [-0.4, -0.2) is 30.4 Å². The molecule has 5 nitrogen and oxygen atoms in total. The molecule has 0 bridgehead atoms. The number of methoxy groups -OCH3 is 1. The molecule has 0 heterocycles. The lowest BCUT2D eigenvalue weighted by Crippen LogP contribution is -2.56. The van der Waals surface area contributed by atoms with Crippen molar-refractivity contribution < 1.29 is 23.9 Å². The molecule has 0 aliphatic heterocycles. The predicted molar refractivity (Wildman–Crippen MR) is 95.2 cm³/mol. The summed E-state index contributed by atoms with van der Waals surface area (Å²) in [4.78, 5) is 51.7. The Balaban J connectivity index is 2.34. The standard InChI is InChI=1S/C21H26O5/c1-11(2)12-9-13-14(22)10-15-20(3,4)7-6-8-21(15,19(25)26-5)16(13)18(24)17(12)23/h9,11,15H,6-8,10H2,1-5H3/t15-,21+/m0/s1. The van der Waals surface area contributed by atoms with Crippen LogP contribution >= 0.6 is 0 Å². The zero-order valence-electron chi connectivity index (χ0n) is 16.1. The van der Waals surface area contributed by atoms with E-state index in [9.17, 15) is 19.2 Å². The van der Waals surface area contributed by atoms with Gasteiger partial charge in [-0.2, -0.15) is 0 Å². The number of ether oxygens (including phenoxy) is 1. The first-order valence-electron chi connectivity index (χ1n) is 9.25. The first-order valence-corrected chi connectivity index (χ1v) is 9.25. The van der Waals surface area contributed by atoms with Gasteiger partial charge in [0.25, 0.3) is 0 Å². The molecule has 0 aromatic carbocycles. The Labute approximate surface area is 153 Å². The van der Waals surface area contributed by atoms with E-state index in [2.05, 4.69) is 0 Å². The molecule has 0 aromatic rings. The molecule has 1 saturated carbocycles. The molecule has 3 rings (SSSR count). The Bertz CT molecular complexity index is 780. The molecule has 0 aromatic heterocycles.